The summed E-state index contributed by atoms with van der Waals surface area (Å²) in [6.45, 7) is 4.03. The molecule has 0 unspecified atom stereocenters. The van der Waals surface area contributed by atoms with Gasteiger partial charge in [0.05, 0.1) is 0 Å². The molecule has 150 valence electrons. The van der Waals surface area contributed by atoms with Gasteiger partial charge in [0.1, 0.15) is 19.2 Å². The predicted octanol–water partition coefficient (Wildman–Crippen LogP) is 2.06. The lowest BCUT2D eigenvalue weighted by atomic mass is 10.1. The first-order valence-corrected chi connectivity index (χ1v) is 9.09. The maximum atomic E-state index is 12.4. The third-order valence-electron chi connectivity index (χ3n) is 4.41. The van der Waals surface area contributed by atoms with Crippen LogP contribution in [0.2, 0.25) is 0 Å². The highest BCUT2D eigenvalue weighted by atomic mass is 16.2. The number of pyridine rings is 1. The highest BCUT2D eigenvalue weighted by Crippen LogP contribution is 2.19. The summed E-state index contributed by atoms with van der Waals surface area (Å²) < 4.78 is 1.53. The van der Waals surface area contributed by atoms with Crippen LogP contribution in [0, 0.1) is 13.8 Å². The number of hydrogen-bond acceptors (Lipinski definition) is 5. The van der Waals surface area contributed by atoms with Gasteiger partial charge in [-0.15, -0.1) is 0 Å². The van der Waals surface area contributed by atoms with E-state index in [0.717, 1.165) is 22.4 Å². The van der Waals surface area contributed by atoms with Crippen LogP contribution in [0.4, 0.5) is 10.5 Å². The van der Waals surface area contributed by atoms with E-state index in [1.807, 2.05) is 38.1 Å². The van der Waals surface area contributed by atoms with Gasteiger partial charge in [-0.2, -0.15) is 5.10 Å². The number of nitrogens with zero attached hydrogens (tertiary/aromatic N) is 5. The maximum absolute atomic E-state index is 12.4. The van der Waals surface area contributed by atoms with E-state index in [4.69, 9.17) is 0 Å². The van der Waals surface area contributed by atoms with Crippen molar-refractivity contribution in [2.45, 2.75) is 20.4 Å². The second kappa shape index (κ2) is 8.96. The monoisotopic (exact) mass is 393 g/mol. The Bertz CT molecular complexity index is 982. The van der Waals surface area contributed by atoms with E-state index in [0.29, 0.717) is 5.82 Å². The summed E-state index contributed by atoms with van der Waals surface area (Å²) in [5, 5.41) is 9.74. The van der Waals surface area contributed by atoms with Crippen molar-refractivity contribution >= 4 is 17.6 Å². The topological polar surface area (TPSA) is 105 Å². The summed E-state index contributed by atoms with van der Waals surface area (Å²) in [5.74, 6) is 0.324. The van der Waals surface area contributed by atoms with Crippen LogP contribution in [0.5, 0.6) is 0 Å². The Balaban J connectivity index is 1.57. The fourth-order valence-corrected chi connectivity index (χ4v) is 2.88. The maximum Gasteiger partial charge on any atom is 0.317 e. The number of carbonyl (C=O) groups is 2. The van der Waals surface area contributed by atoms with Crippen molar-refractivity contribution in [3.63, 3.8) is 0 Å². The third-order valence-corrected chi connectivity index (χ3v) is 4.41. The lowest BCUT2D eigenvalue weighted by Gasteiger charge is -2.19. The molecule has 0 radical (unpaired) electrons. The SMILES string of the molecule is Cc1cccc(C)c1NC(=O)CN(C)C(=O)NCc1cccnc1-n1cncn1. The molecule has 2 N–H and O–H groups in total. The van der Waals surface area contributed by atoms with Crippen LogP contribution < -0.4 is 10.6 Å². The number of carbonyl (C=O) groups excluding carboxylic acids is 2. The summed E-state index contributed by atoms with van der Waals surface area (Å²) in [4.78, 5) is 34.3. The molecule has 0 bridgehead atoms. The van der Waals surface area contributed by atoms with Crippen LogP contribution in [-0.2, 0) is 11.3 Å². The molecule has 0 aliphatic heterocycles. The Kier molecular flexibility index (Phi) is 6.18. The van der Waals surface area contributed by atoms with Crippen molar-refractivity contribution in [2.75, 3.05) is 18.9 Å². The first-order valence-electron chi connectivity index (χ1n) is 9.09. The Hall–Kier alpha value is -3.75. The first kappa shape index (κ1) is 20.0. The molecule has 29 heavy (non-hydrogen) atoms. The Labute approximate surface area is 168 Å². The molecular formula is C20H23N7O2. The summed E-state index contributed by atoms with van der Waals surface area (Å²) in [6.07, 6.45) is 4.60. The number of para-hydroxylation sites is 1. The number of rotatable bonds is 6. The molecule has 0 saturated carbocycles. The van der Waals surface area contributed by atoms with Crippen molar-refractivity contribution in [1.82, 2.24) is 30.0 Å². The third kappa shape index (κ3) is 4.95. The Morgan fingerprint density at radius 1 is 1.14 bits per heavy atom. The number of urea groups is 1. The molecule has 0 spiro atoms. The number of amides is 3. The van der Waals surface area contributed by atoms with Gasteiger partial charge in [0.25, 0.3) is 0 Å². The first-order chi connectivity index (χ1) is 14.0. The van der Waals surface area contributed by atoms with Crippen molar-refractivity contribution in [3.8, 4) is 5.82 Å². The average molecular weight is 393 g/mol. The summed E-state index contributed by atoms with van der Waals surface area (Å²) >= 11 is 0. The average Bonchev–Trinajstić information content (AvgIpc) is 3.24. The molecule has 9 heteroatoms. The van der Waals surface area contributed by atoms with Gasteiger partial charge in [0, 0.05) is 31.0 Å². The molecule has 0 atom stereocenters. The van der Waals surface area contributed by atoms with Gasteiger partial charge >= 0.3 is 6.03 Å². The second-order valence-corrected chi connectivity index (χ2v) is 6.66. The Morgan fingerprint density at radius 2 is 1.90 bits per heavy atom. The fourth-order valence-electron chi connectivity index (χ4n) is 2.88. The number of aromatic nitrogens is 4. The van der Waals surface area contributed by atoms with Crippen molar-refractivity contribution in [2.24, 2.45) is 0 Å². The van der Waals surface area contributed by atoms with Crippen LogP contribution in [0.15, 0.2) is 49.2 Å². The van der Waals surface area contributed by atoms with E-state index in [1.54, 1.807) is 19.3 Å². The summed E-state index contributed by atoms with van der Waals surface area (Å²) in [5.41, 5.74) is 3.50. The van der Waals surface area contributed by atoms with Gasteiger partial charge in [-0.1, -0.05) is 24.3 Å². The standard InChI is InChI=1S/C20H23N7O2/c1-14-6-4-7-15(2)18(14)25-17(28)11-26(3)20(29)23-10-16-8-5-9-22-19(16)27-13-21-12-24-27/h4-9,12-13H,10-11H2,1-3H3,(H,23,29)(H,25,28). The van der Waals surface area contributed by atoms with E-state index in [1.165, 1.54) is 22.2 Å². The molecule has 3 rings (SSSR count). The van der Waals surface area contributed by atoms with Gasteiger partial charge in [-0.25, -0.2) is 19.4 Å². The molecule has 0 fully saturated rings. The highest BCUT2D eigenvalue weighted by Gasteiger charge is 2.15. The lowest BCUT2D eigenvalue weighted by Crippen LogP contribution is -2.41. The molecule has 2 heterocycles. The zero-order valence-corrected chi connectivity index (χ0v) is 16.6. The number of nitrogens with one attached hydrogen (secondary N) is 2. The van der Waals surface area contributed by atoms with Gasteiger partial charge in [0.2, 0.25) is 5.91 Å². The minimum absolute atomic E-state index is 0.0669. The number of anilines is 1. The molecule has 0 aliphatic carbocycles. The summed E-state index contributed by atoms with van der Waals surface area (Å²) in [7, 11) is 1.57. The highest BCUT2D eigenvalue weighted by molar-refractivity contribution is 5.95. The van der Waals surface area contributed by atoms with Gasteiger partial charge in [-0.05, 0) is 31.0 Å². The van der Waals surface area contributed by atoms with Gasteiger partial charge < -0.3 is 15.5 Å². The molecular weight excluding hydrogens is 370 g/mol. The van der Waals surface area contributed by atoms with E-state index in [2.05, 4.69) is 25.7 Å². The molecule has 9 nitrogen and oxygen atoms in total. The van der Waals surface area contributed by atoms with E-state index < -0.39 is 0 Å². The summed E-state index contributed by atoms with van der Waals surface area (Å²) in [6, 6.07) is 9.06. The number of benzene rings is 1. The minimum Gasteiger partial charge on any atom is -0.334 e. The zero-order valence-electron chi connectivity index (χ0n) is 16.6. The zero-order chi connectivity index (χ0) is 20.8. The van der Waals surface area contributed by atoms with Crippen LogP contribution in [0.25, 0.3) is 5.82 Å². The second-order valence-electron chi connectivity index (χ2n) is 6.66. The normalized spacial score (nSPS) is 10.4. The van der Waals surface area contributed by atoms with Crippen molar-refractivity contribution in [1.29, 1.82) is 0 Å². The molecule has 3 amide bonds. The minimum atomic E-state index is -0.366. The fraction of sp³-hybridized carbons (Fsp3) is 0.250. The van der Waals surface area contributed by atoms with Gasteiger partial charge in [0.15, 0.2) is 5.82 Å². The number of likely N-dealkylation sites (N-methyl/N-ethyl adjacent to an activating group) is 1. The van der Waals surface area contributed by atoms with E-state index in [-0.39, 0.29) is 25.0 Å². The molecule has 3 aromatic rings. The molecule has 0 aliphatic rings. The largest absolute Gasteiger partial charge is 0.334 e. The van der Waals surface area contributed by atoms with Crippen LogP contribution in [0.1, 0.15) is 16.7 Å². The van der Waals surface area contributed by atoms with Gasteiger partial charge in [-0.3, -0.25) is 4.79 Å². The van der Waals surface area contributed by atoms with E-state index >= 15 is 0 Å². The Morgan fingerprint density at radius 3 is 2.59 bits per heavy atom. The number of aryl methyl sites for hydroxylation is 2. The molecule has 1 aromatic carbocycles. The molecule has 2 aromatic heterocycles. The van der Waals surface area contributed by atoms with Crippen LogP contribution >= 0.6 is 0 Å². The van der Waals surface area contributed by atoms with E-state index in [9.17, 15) is 9.59 Å². The molecule has 0 saturated heterocycles. The lowest BCUT2D eigenvalue weighted by molar-refractivity contribution is -0.116. The number of hydrogen-bond donors (Lipinski definition) is 2. The quantitative estimate of drug-likeness (QED) is 0.667. The smallest absolute Gasteiger partial charge is 0.317 e. The van der Waals surface area contributed by atoms with Crippen LogP contribution in [-0.4, -0.2) is 50.2 Å². The predicted molar refractivity (Wildman–Crippen MR) is 109 cm³/mol. The van der Waals surface area contributed by atoms with Crippen molar-refractivity contribution in [3.05, 3.63) is 65.9 Å². The van der Waals surface area contributed by atoms with Crippen LogP contribution in [0.3, 0.4) is 0 Å². The van der Waals surface area contributed by atoms with Crippen molar-refractivity contribution < 1.29 is 9.59 Å².